The fraction of sp³-hybridized carbons (Fsp3) is 0.0750. The first-order valence-corrected chi connectivity index (χ1v) is 28.4. The third kappa shape index (κ3) is 12.7. The average Bonchev–Trinajstić information content (AvgIpc) is 3.70. The Kier molecular flexibility index (Phi) is 16.4. The van der Waals surface area contributed by atoms with Crippen molar-refractivity contribution in [1.29, 1.82) is 0 Å². The summed E-state index contributed by atoms with van der Waals surface area (Å²) in [6, 6.07) is 96.2. The molecule has 82 heavy (non-hydrogen) atoms. The molecule has 0 bridgehead atoms. The van der Waals surface area contributed by atoms with Crippen molar-refractivity contribution < 1.29 is 0 Å². The summed E-state index contributed by atoms with van der Waals surface area (Å²) < 4.78 is 0. The molecule has 11 aromatic carbocycles. The number of hydrogen-bond acceptors (Lipinski definition) is 2. The second-order valence-corrected chi connectivity index (χ2v) is 21.4. The molecule has 398 valence electrons. The molecule has 11 aromatic rings. The SMILES string of the molecule is Cc1cc(C)c(N(c2ccc(C=C(c3ccccc3)c3ccccc3)cc2)c2ccc(/C=C/c3cccc(/C=C/c4ccc(N(c5ccc(C=C(c6ccccc6)c6ccccc6)cc5)c5c(C)cc(C)cc5C)cc4)c3)cc2)c(C)c1. The summed E-state index contributed by atoms with van der Waals surface area (Å²) in [6.45, 7) is 13.2. The minimum Gasteiger partial charge on any atom is -0.310 e. The number of benzene rings is 11. The van der Waals surface area contributed by atoms with Gasteiger partial charge in [0.15, 0.2) is 0 Å². The van der Waals surface area contributed by atoms with Crippen molar-refractivity contribution in [2.45, 2.75) is 41.5 Å². The van der Waals surface area contributed by atoms with Crippen molar-refractivity contribution >= 4 is 81.7 Å². The van der Waals surface area contributed by atoms with Crippen LogP contribution >= 0.6 is 0 Å². The van der Waals surface area contributed by atoms with Crippen molar-refractivity contribution in [1.82, 2.24) is 0 Å². The summed E-state index contributed by atoms with van der Waals surface area (Å²) >= 11 is 0. The van der Waals surface area contributed by atoms with Crippen LogP contribution in [0.25, 0.3) is 47.6 Å². The van der Waals surface area contributed by atoms with Gasteiger partial charge in [-0.3, -0.25) is 0 Å². The van der Waals surface area contributed by atoms with Crippen molar-refractivity contribution in [3.63, 3.8) is 0 Å². The predicted molar refractivity (Wildman–Crippen MR) is 355 cm³/mol. The van der Waals surface area contributed by atoms with Crippen LogP contribution in [-0.4, -0.2) is 0 Å². The lowest BCUT2D eigenvalue weighted by Crippen LogP contribution is -2.13. The van der Waals surface area contributed by atoms with E-state index in [1.807, 2.05) is 0 Å². The van der Waals surface area contributed by atoms with Crippen LogP contribution in [0.1, 0.15) is 89.0 Å². The standard InChI is InChI=1S/C80H68N2/c1-57-50-59(3)79(60(4)51-57)81(75-46-38-67(39-47-75)55-77(69-22-11-7-12-23-69)70-24-13-8-14-25-70)73-42-34-63(35-43-73)30-32-65-20-19-21-66(54-65)33-31-64-36-44-74(45-37-64)82(80-61(5)52-58(2)53-62(80)6)76-48-40-68(41-49-76)56-78(71-26-15-9-16-27-71)72-28-17-10-18-29-72/h7-56H,1-6H3/b32-30+,33-31+. The molecule has 0 N–H and O–H groups in total. The molecule has 0 aliphatic heterocycles. The van der Waals surface area contributed by atoms with E-state index in [-0.39, 0.29) is 0 Å². The molecule has 11 rings (SSSR count). The molecule has 0 aliphatic carbocycles. The van der Waals surface area contributed by atoms with E-state index in [1.165, 1.54) is 78.2 Å². The van der Waals surface area contributed by atoms with Gasteiger partial charge >= 0.3 is 0 Å². The minimum atomic E-state index is 1.11. The minimum absolute atomic E-state index is 1.11. The van der Waals surface area contributed by atoms with Crippen molar-refractivity contribution in [2.75, 3.05) is 9.80 Å². The van der Waals surface area contributed by atoms with E-state index in [9.17, 15) is 0 Å². The Morgan fingerprint density at radius 3 is 0.780 bits per heavy atom. The van der Waals surface area contributed by atoms with E-state index in [4.69, 9.17) is 0 Å². The van der Waals surface area contributed by atoms with Crippen LogP contribution in [0.4, 0.5) is 34.1 Å². The number of anilines is 6. The third-order valence-electron chi connectivity index (χ3n) is 15.1. The topological polar surface area (TPSA) is 6.48 Å². The van der Waals surface area contributed by atoms with Crippen LogP contribution in [-0.2, 0) is 0 Å². The third-order valence-corrected chi connectivity index (χ3v) is 15.1. The van der Waals surface area contributed by atoms with Crippen LogP contribution in [0.2, 0.25) is 0 Å². The molecule has 0 fully saturated rings. The highest BCUT2D eigenvalue weighted by atomic mass is 15.2. The maximum atomic E-state index is 2.40. The first kappa shape index (κ1) is 54.0. The molecular weight excluding hydrogens is 989 g/mol. The summed E-state index contributed by atoms with van der Waals surface area (Å²) in [5.74, 6) is 0. The van der Waals surface area contributed by atoms with E-state index < -0.39 is 0 Å². The molecular formula is C80H68N2. The summed E-state index contributed by atoms with van der Waals surface area (Å²) in [4.78, 5) is 4.80. The van der Waals surface area contributed by atoms with Crippen molar-refractivity contribution in [3.05, 3.63) is 356 Å². The van der Waals surface area contributed by atoms with Crippen LogP contribution in [0.3, 0.4) is 0 Å². The molecule has 0 atom stereocenters. The monoisotopic (exact) mass is 1060 g/mol. The highest BCUT2D eigenvalue weighted by molar-refractivity contribution is 5.93. The predicted octanol–water partition coefficient (Wildman–Crippen LogP) is 22.0. The van der Waals surface area contributed by atoms with Gasteiger partial charge in [0.25, 0.3) is 0 Å². The molecule has 0 saturated carbocycles. The molecule has 2 heteroatoms. The zero-order valence-electron chi connectivity index (χ0n) is 47.8. The van der Waals surface area contributed by atoms with Crippen LogP contribution in [0.5, 0.6) is 0 Å². The van der Waals surface area contributed by atoms with E-state index in [0.29, 0.717) is 0 Å². The number of hydrogen-bond donors (Lipinski definition) is 0. The van der Waals surface area contributed by atoms with E-state index in [1.54, 1.807) is 0 Å². The maximum Gasteiger partial charge on any atom is 0.0520 e. The van der Waals surface area contributed by atoms with E-state index >= 15 is 0 Å². The van der Waals surface area contributed by atoms with Gasteiger partial charge in [0.05, 0.1) is 11.4 Å². The number of nitrogens with zero attached hydrogens (tertiary/aromatic N) is 2. The molecule has 0 radical (unpaired) electrons. The van der Waals surface area contributed by atoms with E-state index in [2.05, 4.69) is 355 Å². The normalized spacial score (nSPS) is 11.2. The number of aryl methyl sites for hydroxylation is 6. The molecule has 0 spiro atoms. The maximum absolute atomic E-state index is 2.40. The van der Waals surface area contributed by atoms with Gasteiger partial charge in [-0.15, -0.1) is 0 Å². The lowest BCUT2D eigenvalue weighted by molar-refractivity contribution is 1.20. The molecule has 2 nitrogen and oxygen atoms in total. The van der Waals surface area contributed by atoms with E-state index in [0.717, 1.165) is 56.1 Å². The Morgan fingerprint density at radius 2 is 0.500 bits per heavy atom. The molecule has 0 saturated heterocycles. The van der Waals surface area contributed by atoms with Crippen LogP contribution < -0.4 is 9.80 Å². The van der Waals surface area contributed by atoms with Gasteiger partial charge in [-0.05, 0) is 197 Å². The summed E-state index contributed by atoms with van der Waals surface area (Å²) in [6.07, 6.45) is 13.4. The Morgan fingerprint density at radius 1 is 0.244 bits per heavy atom. The Bertz CT molecular complexity index is 3680. The highest BCUT2D eigenvalue weighted by Gasteiger charge is 2.20. The van der Waals surface area contributed by atoms with Crippen molar-refractivity contribution in [3.8, 4) is 0 Å². The van der Waals surface area contributed by atoms with Crippen molar-refractivity contribution in [2.24, 2.45) is 0 Å². The lowest BCUT2D eigenvalue weighted by atomic mass is 9.95. The van der Waals surface area contributed by atoms with Gasteiger partial charge in [-0.25, -0.2) is 0 Å². The molecule has 0 amide bonds. The Balaban J connectivity index is 0.816. The molecule has 0 heterocycles. The zero-order valence-corrected chi connectivity index (χ0v) is 47.8. The van der Waals surface area contributed by atoms with Gasteiger partial charge in [0, 0.05) is 22.7 Å². The highest BCUT2D eigenvalue weighted by Crippen LogP contribution is 2.42. The second kappa shape index (κ2) is 25.0. The smallest absolute Gasteiger partial charge is 0.0520 e. The van der Waals surface area contributed by atoms with Crippen LogP contribution in [0.15, 0.2) is 267 Å². The van der Waals surface area contributed by atoms with Crippen LogP contribution in [0, 0.1) is 41.5 Å². The lowest BCUT2D eigenvalue weighted by Gasteiger charge is -2.29. The average molecular weight is 1060 g/mol. The quantitative estimate of drug-likeness (QED) is 0.0890. The largest absolute Gasteiger partial charge is 0.310 e. The summed E-state index contributed by atoms with van der Waals surface area (Å²) in [7, 11) is 0. The fourth-order valence-electron chi connectivity index (χ4n) is 11.4. The second-order valence-electron chi connectivity index (χ2n) is 21.4. The van der Waals surface area contributed by atoms with Gasteiger partial charge in [0.2, 0.25) is 0 Å². The first-order valence-electron chi connectivity index (χ1n) is 28.4. The van der Waals surface area contributed by atoms with Gasteiger partial charge in [-0.2, -0.15) is 0 Å². The molecule has 0 aliphatic rings. The molecule has 0 unspecified atom stereocenters. The van der Waals surface area contributed by atoms with Gasteiger partial charge in [0.1, 0.15) is 0 Å². The Hall–Kier alpha value is -10.0. The fourth-order valence-corrected chi connectivity index (χ4v) is 11.4. The Labute approximate surface area is 486 Å². The summed E-state index contributed by atoms with van der Waals surface area (Å²) in [5, 5.41) is 0. The van der Waals surface area contributed by atoms with Gasteiger partial charge < -0.3 is 9.80 Å². The molecule has 0 aromatic heterocycles. The number of rotatable bonds is 16. The van der Waals surface area contributed by atoms with Gasteiger partial charge in [-0.1, -0.05) is 248 Å². The summed E-state index contributed by atoms with van der Waals surface area (Å²) in [5.41, 5.74) is 28.3. The first-order chi connectivity index (χ1) is 40.1. The zero-order chi connectivity index (χ0) is 56.4.